The first-order valence-electron chi connectivity index (χ1n) is 7.45. The number of likely N-dealkylation sites (tertiary alicyclic amines) is 1. The Morgan fingerprint density at radius 1 is 1.24 bits per heavy atom. The predicted molar refractivity (Wildman–Crippen MR) is 73.2 cm³/mol. The first-order chi connectivity index (χ1) is 8.25. The van der Waals surface area contributed by atoms with Crippen molar-refractivity contribution in [1.29, 1.82) is 0 Å². The van der Waals surface area contributed by atoms with Gasteiger partial charge in [0.15, 0.2) is 0 Å². The van der Waals surface area contributed by atoms with Gasteiger partial charge in [0.25, 0.3) is 0 Å². The molecule has 2 rings (SSSR count). The number of piperidine rings is 1. The number of nitrogens with two attached hydrogens (primary N) is 1. The fraction of sp³-hybridized carbons (Fsp3) is 1.00. The van der Waals surface area contributed by atoms with E-state index in [2.05, 4.69) is 23.6 Å². The number of hydrogen-bond acceptors (Lipinski definition) is 3. The number of hydrogen-bond donors (Lipinski definition) is 1. The molecule has 3 nitrogen and oxygen atoms in total. The predicted octanol–water partition coefficient (Wildman–Crippen LogP) is 1.67. The van der Waals surface area contributed by atoms with Crippen LogP contribution in [0.15, 0.2) is 0 Å². The third-order valence-corrected chi connectivity index (χ3v) is 4.68. The van der Waals surface area contributed by atoms with Gasteiger partial charge in [-0.2, -0.15) is 0 Å². The monoisotopic (exact) mass is 239 g/mol. The molecule has 2 fully saturated rings. The molecule has 17 heavy (non-hydrogen) atoms. The van der Waals surface area contributed by atoms with E-state index in [0.29, 0.717) is 5.54 Å². The molecule has 0 aromatic heterocycles. The van der Waals surface area contributed by atoms with Crippen molar-refractivity contribution in [3.05, 3.63) is 0 Å². The lowest BCUT2D eigenvalue weighted by molar-refractivity contribution is 0.0218. The van der Waals surface area contributed by atoms with Crippen LogP contribution in [0.5, 0.6) is 0 Å². The minimum Gasteiger partial charge on any atom is -0.329 e. The van der Waals surface area contributed by atoms with Crippen LogP contribution in [0.3, 0.4) is 0 Å². The third kappa shape index (κ3) is 2.83. The van der Waals surface area contributed by atoms with Crippen LogP contribution in [0.2, 0.25) is 0 Å². The summed E-state index contributed by atoms with van der Waals surface area (Å²) in [5, 5.41) is 0. The maximum atomic E-state index is 6.16. The Morgan fingerprint density at radius 3 is 2.29 bits per heavy atom. The van der Waals surface area contributed by atoms with E-state index < -0.39 is 0 Å². The summed E-state index contributed by atoms with van der Waals surface area (Å²) in [5.41, 5.74) is 6.48. The topological polar surface area (TPSA) is 32.5 Å². The Hall–Kier alpha value is -0.120. The van der Waals surface area contributed by atoms with Crippen LogP contribution in [-0.4, -0.2) is 54.1 Å². The molecule has 0 unspecified atom stereocenters. The molecule has 1 aliphatic heterocycles. The van der Waals surface area contributed by atoms with Crippen molar-refractivity contribution in [1.82, 2.24) is 9.80 Å². The number of nitrogens with zero attached hydrogens (tertiary/aromatic N) is 2. The lowest BCUT2D eigenvalue weighted by Gasteiger charge is -2.48. The molecule has 0 amide bonds. The van der Waals surface area contributed by atoms with Gasteiger partial charge in [0.2, 0.25) is 0 Å². The fourth-order valence-electron chi connectivity index (χ4n) is 3.33. The second kappa shape index (κ2) is 5.68. The maximum absolute atomic E-state index is 6.16. The molecule has 0 bridgehead atoms. The molecule has 2 aliphatic rings. The van der Waals surface area contributed by atoms with Gasteiger partial charge in [-0.25, -0.2) is 0 Å². The van der Waals surface area contributed by atoms with Crippen LogP contribution in [0.25, 0.3) is 0 Å². The van der Waals surface area contributed by atoms with Crippen LogP contribution in [0, 0.1) is 0 Å². The first kappa shape index (κ1) is 13.3. The Balaban J connectivity index is 2.02. The molecular weight excluding hydrogens is 210 g/mol. The van der Waals surface area contributed by atoms with Crippen LogP contribution in [-0.2, 0) is 0 Å². The fourth-order valence-corrected chi connectivity index (χ4v) is 3.33. The molecular formula is C14H29N3. The summed E-state index contributed by atoms with van der Waals surface area (Å²) >= 11 is 0. The minimum absolute atomic E-state index is 0.322. The van der Waals surface area contributed by atoms with Crippen molar-refractivity contribution in [2.75, 3.05) is 32.7 Å². The van der Waals surface area contributed by atoms with Crippen molar-refractivity contribution >= 4 is 0 Å². The second-order valence-corrected chi connectivity index (χ2v) is 5.79. The highest BCUT2D eigenvalue weighted by Gasteiger charge is 2.44. The zero-order chi connectivity index (χ0) is 12.3. The maximum Gasteiger partial charge on any atom is 0.0358 e. The van der Waals surface area contributed by atoms with E-state index in [1.165, 1.54) is 58.3 Å². The van der Waals surface area contributed by atoms with Gasteiger partial charge in [-0.3, -0.25) is 4.90 Å². The average molecular weight is 239 g/mol. The van der Waals surface area contributed by atoms with Gasteiger partial charge in [-0.05, 0) is 58.3 Å². The smallest absolute Gasteiger partial charge is 0.0358 e. The SMILES string of the molecule is CCCN(C1CC1)C1(CN)CCN(CC)CC1. The molecule has 1 heterocycles. The van der Waals surface area contributed by atoms with Gasteiger partial charge >= 0.3 is 0 Å². The summed E-state index contributed by atoms with van der Waals surface area (Å²) in [5.74, 6) is 0. The standard InChI is InChI=1S/C14H29N3/c1-3-9-17(13-5-6-13)14(12-15)7-10-16(4-2)11-8-14/h13H,3-12,15H2,1-2H3. The molecule has 1 saturated carbocycles. The Kier molecular flexibility index (Phi) is 4.45. The van der Waals surface area contributed by atoms with Crippen molar-refractivity contribution in [2.45, 2.75) is 57.5 Å². The summed E-state index contributed by atoms with van der Waals surface area (Å²) in [6.45, 7) is 10.3. The summed E-state index contributed by atoms with van der Waals surface area (Å²) < 4.78 is 0. The van der Waals surface area contributed by atoms with E-state index >= 15 is 0 Å². The lowest BCUT2D eigenvalue weighted by atomic mass is 9.85. The lowest BCUT2D eigenvalue weighted by Crippen LogP contribution is -2.60. The average Bonchev–Trinajstić information content (AvgIpc) is 3.20. The zero-order valence-corrected chi connectivity index (χ0v) is 11.6. The highest BCUT2D eigenvalue weighted by atomic mass is 15.3. The molecule has 0 radical (unpaired) electrons. The van der Waals surface area contributed by atoms with E-state index in [0.717, 1.165) is 12.6 Å². The van der Waals surface area contributed by atoms with E-state index in [9.17, 15) is 0 Å². The Bertz CT molecular complexity index is 230. The quantitative estimate of drug-likeness (QED) is 0.765. The third-order valence-electron chi connectivity index (χ3n) is 4.68. The van der Waals surface area contributed by atoms with Crippen LogP contribution in [0.4, 0.5) is 0 Å². The van der Waals surface area contributed by atoms with Gasteiger partial charge in [-0.15, -0.1) is 0 Å². The van der Waals surface area contributed by atoms with Crippen molar-refractivity contribution in [2.24, 2.45) is 5.73 Å². The summed E-state index contributed by atoms with van der Waals surface area (Å²) in [4.78, 5) is 5.32. The molecule has 2 N–H and O–H groups in total. The van der Waals surface area contributed by atoms with Crippen molar-refractivity contribution < 1.29 is 0 Å². The summed E-state index contributed by atoms with van der Waals surface area (Å²) in [6, 6.07) is 0.853. The molecule has 3 heteroatoms. The van der Waals surface area contributed by atoms with E-state index in [1.807, 2.05) is 0 Å². The molecule has 0 aromatic carbocycles. The second-order valence-electron chi connectivity index (χ2n) is 5.79. The molecule has 100 valence electrons. The molecule has 1 aliphatic carbocycles. The van der Waals surface area contributed by atoms with Gasteiger partial charge in [0.1, 0.15) is 0 Å². The molecule has 0 spiro atoms. The summed E-state index contributed by atoms with van der Waals surface area (Å²) in [6.07, 6.45) is 6.61. The van der Waals surface area contributed by atoms with E-state index in [4.69, 9.17) is 5.73 Å². The van der Waals surface area contributed by atoms with E-state index in [-0.39, 0.29) is 0 Å². The van der Waals surface area contributed by atoms with Crippen molar-refractivity contribution in [3.8, 4) is 0 Å². The van der Waals surface area contributed by atoms with Gasteiger partial charge in [0, 0.05) is 18.1 Å². The normalized spacial score (nSPS) is 25.4. The highest BCUT2D eigenvalue weighted by Crippen LogP contribution is 2.37. The van der Waals surface area contributed by atoms with Gasteiger partial charge in [-0.1, -0.05) is 13.8 Å². The summed E-state index contributed by atoms with van der Waals surface area (Å²) in [7, 11) is 0. The zero-order valence-electron chi connectivity index (χ0n) is 11.6. The van der Waals surface area contributed by atoms with Crippen molar-refractivity contribution in [3.63, 3.8) is 0 Å². The minimum atomic E-state index is 0.322. The molecule has 1 saturated heterocycles. The van der Waals surface area contributed by atoms with E-state index in [1.54, 1.807) is 0 Å². The van der Waals surface area contributed by atoms with Crippen LogP contribution >= 0.6 is 0 Å². The molecule has 0 atom stereocenters. The Morgan fingerprint density at radius 2 is 1.88 bits per heavy atom. The van der Waals surface area contributed by atoms with Crippen LogP contribution in [0.1, 0.15) is 46.0 Å². The van der Waals surface area contributed by atoms with Crippen LogP contribution < -0.4 is 5.73 Å². The van der Waals surface area contributed by atoms with Gasteiger partial charge in [0.05, 0.1) is 0 Å². The number of rotatable bonds is 6. The van der Waals surface area contributed by atoms with Gasteiger partial charge < -0.3 is 10.6 Å². The molecule has 0 aromatic rings. The largest absolute Gasteiger partial charge is 0.329 e. The highest BCUT2D eigenvalue weighted by molar-refractivity contribution is 5.01. The first-order valence-corrected chi connectivity index (χ1v) is 7.45. The Labute approximate surface area is 106 Å².